The molecule has 25 heavy (non-hydrogen) atoms. The van der Waals surface area contributed by atoms with E-state index in [2.05, 4.69) is 0 Å². The summed E-state index contributed by atoms with van der Waals surface area (Å²) < 4.78 is 0.908. The average molecular weight is 339 g/mol. The van der Waals surface area contributed by atoms with Gasteiger partial charge in [-0.05, 0) is 18.5 Å². The van der Waals surface area contributed by atoms with Crippen molar-refractivity contribution in [3.63, 3.8) is 0 Å². The molecule has 0 aliphatic carbocycles. The highest BCUT2D eigenvalue weighted by Gasteiger charge is 2.23. The van der Waals surface area contributed by atoms with Gasteiger partial charge >= 0.3 is 0 Å². The molecule has 3 N–H and O–H groups in total. The molecule has 9 nitrogen and oxygen atoms in total. The quantitative estimate of drug-likeness (QED) is 0.611. The van der Waals surface area contributed by atoms with Gasteiger partial charge in [0.15, 0.2) is 0 Å². The van der Waals surface area contributed by atoms with Gasteiger partial charge in [0.05, 0.1) is 4.92 Å². The van der Waals surface area contributed by atoms with Crippen molar-refractivity contribution in [3.05, 3.63) is 55.9 Å². The Kier molecular flexibility index (Phi) is 5.12. The predicted octanol–water partition coefficient (Wildman–Crippen LogP) is 1.22. The summed E-state index contributed by atoms with van der Waals surface area (Å²) in [4.78, 5) is 22.8. The summed E-state index contributed by atoms with van der Waals surface area (Å²) >= 11 is 0. The van der Waals surface area contributed by atoms with Gasteiger partial charge in [0.1, 0.15) is 23.3 Å². The largest absolute Gasteiger partial charge is 0.493 e. The minimum absolute atomic E-state index is 0.0414. The molecule has 0 saturated carbocycles. The van der Waals surface area contributed by atoms with Gasteiger partial charge in [-0.25, -0.2) is 0 Å². The van der Waals surface area contributed by atoms with Crippen LogP contribution < -0.4 is 11.3 Å². The van der Waals surface area contributed by atoms with E-state index in [1.54, 1.807) is 12.1 Å². The fourth-order valence-electron chi connectivity index (χ4n) is 2.44. The first-order valence-corrected chi connectivity index (χ1v) is 7.21. The van der Waals surface area contributed by atoms with Gasteiger partial charge in [-0.1, -0.05) is 12.1 Å². The second-order valence-corrected chi connectivity index (χ2v) is 5.08. The second kappa shape index (κ2) is 7.25. The molecule has 0 aliphatic heterocycles. The summed E-state index contributed by atoms with van der Waals surface area (Å²) in [7, 11) is 0. The van der Waals surface area contributed by atoms with E-state index in [4.69, 9.17) is 5.73 Å². The first-order chi connectivity index (χ1) is 12.0. The minimum atomic E-state index is -0.783. The standard InChI is InChI=1S/C16H13N5O4/c17-5-2-6-20-15(22)12(8-18)14(13(9-19)16(20)23)10-3-1-4-11(7-10)21(24)25/h1,3-4,7,22H,2,5-6,17H2. The zero-order chi connectivity index (χ0) is 18.6. The molecule has 0 spiro atoms. The predicted molar refractivity (Wildman–Crippen MR) is 87.6 cm³/mol. The topological polar surface area (TPSA) is 159 Å². The Morgan fingerprint density at radius 1 is 1.28 bits per heavy atom. The van der Waals surface area contributed by atoms with Crippen molar-refractivity contribution in [2.24, 2.45) is 5.73 Å². The van der Waals surface area contributed by atoms with Crippen LogP contribution in [0.15, 0.2) is 29.1 Å². The Labute approximate surface area is 141 Å². The molecule has 0 saturated heterocycles. The van der Waals surface area contributed by atoms with Crippen molar-refractivity contribution in [3.8, 4) is 29.1 Å². The number of rotatable bonds is 5. The summed E-state index contributed by atoms with van der Waals surface area (Å²) in [6.07, 6.45) is 0.360. The number of nitro groups is 1. The van der Waals surface area contributed by atoms with Crippen molar-refractivity contribution in [2.45, 2.75) is 13.0 Å². The number of pyridine rings is 1. The SMILES string of the molecule is N#Cc1c(-c2cccc([N+](=O)[O-])c2)c(C#N)c(=O)n(CCCN)c1O. The van der Waals surface area contributed by atoms with Crippen LogP contribution in [-0.2, 0) is 6.54 Å². The Bertz CT molecular complexity index is 982. The molecular formula is C16H13N5O4. The Morgan fingerprint density at radius 3 is 2.52 bits per heavy atom. The van der Waals surface area contributed by atoms with E-state index in [-0.39, 0.29) is 41.0 Å². The number of aromatic hydroxyl groups is 1. The van der Waals surface area contributed by atoms with Crippen LogP contribution in [0.3, 0.4) is 0 Å². The summed E-state index contributed by atoms with van der Waals surface area (Å²) in [6, 6.07) is 8.67. The maximum atomic E-state index is 12.5. The van der Waals surface area contributed by atoms with E-state index >= 15 is 0 Å². The van der Waals surface area contributed by atoms with Crippen LogP contribution in [0.4, 0.5) is 5.69 Å². The van der Waals surface area contributed by atoms with Gasteiger partial charge in [-0.2, -0.15) is 10.5 Å². The smallest absolute Gasteiger partial charge is 0.271 e. The molecule has 0 aliphatic rings. The highest BCUT2D eigenvalue weighted by atomic mass is 16.6. The van der Waals surface area contributed by atoms with Gasteiger partial charge < -0.3 is 10.8 Å². The number of nitriles is 2. The van der Waals surface area contributed by atoms with Gasteiger partial charge in [-0.3, -0.25) is 19.5 Å². The number of hydrogen-bond donors (Lipinski definition) is 2. The van der Waals surface area contributed by atoms with Crippen LogP contribution in [0.25, 0.3) is 11.1 Å². The summed E-state index contributed by atoms with van der Waals surface area (Å²) in [5, 5.41) is 40.0. The number of nitro benzene ring substituents is 1. The van der Waals surface area contributed by atoms with E-state index < -0.39 is 16.4 Å². The molecule has 1 aromatic carbocycles. The molecule has 126 valence electrons. The van der Waals surface area contributed by atoms with Crippen molar-refractivity contribution >= 4 is 5.69 Å². The molecule has 0 amide bonds. The maximum Gasteiger partial charge on any atom is 0.271 e. The van der Waals surface area contributed by atoms with E-state index in [1.165, 1.54) is 18.2 Å². The third kappa shape index (κ3) is 3.17. The van der Waals surface area contributed by atoms with Crippen LogP contribution in [0.5, 0.6) is 5.88 Å². The molecule has 2 aromatic rings. The first-order valence-electron chi connectivity index (χ1n) is 7.21. The minimum Gasteiger partial charge on any atom is -0.493 e. The molecule has 2 rings (SSSR count). The normalized spacial score (nSPS) is 10.0. The van der Waals surface area contributed by atoms with Crippen LogP contribution in [-0.4, -0.2) is 21.1 Å². The molecular weight excluding hydrogens is 326 g/mol. The molecule has 0 bridgehead atoms. The molecule has 0 fully saturated rings. The van der Waals surface area contributed by atoms with Gasteiger partial charge in [0.2, 0.25) is 5.88 Å². The third-order valence-electron chi connectivity index (χ3n) is 3.59. The van der Waals surface area contributed by atoms with Crippen LogP contribution in [0, 0.1) is 32.8 Å². The highest BCUT2D eigenvalue weighted by Crippen LogP contribution is 2.32. The number of benzene rings is 1. The van der Waals surface area contributed by atoms with Crippen LogP contribution in [0.1, 0.15) is 17.5 Å². The number of non-ortho nitro benzene ring substituents is 1. The van der Waals surface area contributed by atoms with Crippen molar-refractivity contribution in [1.29, 1.82) is 10.5 Å². The Hall–Kier alpha value is -3.69. The lowest BCUT2D eigenvalue weighted by atomic mass is 9.96. The number of aromatic nitrogens is 1. The zero-order valence-corrected chi connectivity index (χ0v) is 13.0. The first kappa shape index (κ1) is 17.7. The van der Waals surface area contributed by atoms with E-state index in [0.717, 1.165) is 10.6 Å². The maximum absolute atomic E-state index is 12.5. The van der Waals surface area contributed by atoms with Gasteiger partial charge in [-0.15, -0.1) is 0 Å². The fraction of sp³-hybridized carbons (Fsp3) is 0.188. The molecule has 1 heterocycles. The average Bonchev–Trinajstić information content (AvgIpc) is 2.61. The van der Waals surface area contributed by atoms with Gasteiger partial charge in [0.25, 0.3) is 11.2 Å². The molecule has 1 aromatic heterocycles. The van der Waals surface area contributed by atoms with E-state index in [1.807, 2.05) is 0 Å². The number of nitrogens with zero attached hydrogens (tertiary/aromatic N) is 4. The Balaban J connectivity index is 2.85. The monoisotopic (exact) mass is 339 g/mol. The third-order valence-corrected chi connectivity index (χ3v) is 3.59. The Morgan fingerprint density at radius 2 is 1.96 bits per heavy atom. The van der Waals surface area contributed by atoms with Crippen molar-refractivity contribution in [2.75, 3.05) is 6.54 Å². The lowest BCUT2D eigenvalue weighted by Gasteiger charge is -2.14. The summed E-state index contributed by atoms with van der Waals surface area (Å²) in [5.41, 5.74) is 3.68. The van der Waals surface area contributed by atoms with E-state index in [9.17, 15) is 30.5 Å². The second-order valence-electron chi connectivity index (χ2n) is 5.08. The van der Waals surface area contributed by atoms with Gasteiger partial charge in [0, 0.05) is 24.2 Å². The highest BCUT2D eigenvalue weighted by molar-refractivity contribution is 5.79. The van der Waals surface area contributed by atoms with Crippen molar-refractivity contribution < 1.29 is 10.0 Å². The summed E-state index contributed by atoms with van der Waals surface area (Å²) in [5.74, 6) is -0.596. The molecule has 0 radical (unpaired) electrons. The summed E-state index contributed by atoms with van der Waals surface area (Å²) in [6.45, 7) is 0.294. The zero-order valence-electron chi connectivity index (χ0n) is 13.0. The lowest BCUT2D eigenvalue weighted by molar-refractivity contribution is -0.384. The van der Waals surface area contributed by atoms with Crippen LogP contribution in [0.2, 0.25) is 0 Å². The molecule has 0 unspecified atom stereocenters. The number of hydrogen-bond acceptors (Lipinski definition) is 7. The molecule has 0 atom stereocenters. The number of nitrogens with two attached hydrogens (primary N) is 1. The van der Waals surface area contributed by atoms with Crippen LogP contribution >= 0.6 is 0 Å². The molecule has 9 heteroatoms. The van der Waals surface area contributed by atoms with Crippen molar-refractivity contribution in [1.82, 2.24) is 4.57 Å². The van der Waals surface area contributed by atoms with E-state index in [0.29, 0.717) is 6.42 Å². The fourth-order valence-corrected chi connectivity index (χ4v) is 2.44. The lowest BCUT2D eigenvalue weighted by Crippen LogP contribution is -2.25.